The molecule has 0 saturated carbocycles. The zero-order valence-corrected chi connectivity index (χ0v) is 5.80. The largest absolute Gasteiger partial charge is 0.286 e. The van der Waals surface area contributed by atoms with E-state index in [4.69, 9.17) is 17.0 Å². The number of dihydropyridines is 1. The van der Waals surface area contributed by atoms with Crippen LogP contribution in [0.25, 0.3) is 0 Å². The predicted octanol–water partition coefficient (Wildman–Crippen LogP) is 0.986. The van der Waals surface area contributed by atoms with Gasteiger partial charge < -0.3 is 0 Å². The summed E-state index contributed by atoms with van der Waals surface area (Å²) in [5.41, 5.74) is 0. The minimum absolute atomic E-state index is 0.00231. The minimum atomic E-state index is -0.647. The summed E-state index contributed by atoms with van der Waals surface area (Å²) < 4.78 is 0. The molecule has 1 N–H and O–H groups in total. The van der Waals surface area contributed by atoms with Crippen LogP contribution in [0.4, 0.5) is 0 Å². The lowest BCUT2D eigenvalue weighted by molar-refractivity contribution is -0.112. The normalized spacial score (nSPS) is 23.3. The molecule has 0 aromatic heterocycles. The van der Waals surface area contributed by atoms with Gasteiger partial charge in [0.05, 0.1) is 0 Å². The van der Waals surface area contributed by atoms with E-state index in [0.717, 1.165) is 0 Å². The number of aliphatic imine (C=N–C) groups is 1. The lowest BCUT2D eigenvalue weighted by Gasteiger charge is -2.06. The number of carbonyl (C=O) groups excluding carboxylic acids is 1. The number of rotatable bonds is 1. The van der Waals surface area contributed by atoms with Crippen LogP contribution >= 0.6 is 11.6 Å². The molecule has 0 radical (unpaired) electrons. The summed E-state index contributed by atoms with van der Waals surface area (Å²) in [7, 11) is 0. The lowest BCUT2D eigenvalue weighted by atomic mass is 10.1. The van der Waals surface area contributed by atoms with Gasteiger partial charge in [0.15, 0.2) is 0 Å². The second kappa shape index (κ2) is 2.75. The SMILES string of the molecule is N=C1N=CC=CC1C(=O)Cl. The maximum absolute atomic E-state index is 10.5. The third-order valence-electron chi connectivity index (χ3n) is 1.14. The van der Waals surface area contributed by atoms with Crippen molar-refractivity contribution in [3.05, 3.63) is 12.2 Å². The molecule has 4 heteroatoms. The molecule has 1 unspecified atom stereocenters. The van der Waals surface area contributed by atoms with E-state index in [2.05, 4.69) is 4.99 Å². The number of halogens is 1. The number of amidine groups is 1. The Labute approximate surface area is 62.9 Å². The van der Waals surface area contributed by atoms with Crippen molar-refractivity contribution >= 4 is 28.9 Å². The summed E-state index contributed by atoms with van der Waals surface area (Å²) in [6.45, 7) is 0. The van der Waals surface area contributed by atoms with Gasteiger partial charge in [-0.1, -0.05) is 6.08 Å². The first-order valence-electron chi connectivity index (χ1n) is 2.70. The molecule has 1 rings (SSSR count). The van der Waals surface area contributed by atoms with Crippen LogP contribution in [0.15, 0.2) is 17.1 Å². The molecule has 0 spiro atoms. The smallest absolute Gasteiger partial charge is 0.236 e. The Morgan fingerprint density at radius 3 is 2.90 bits per heavy atom. The molecule has 3 nitrogen and oxygen atoms in total. The first-order valence-corrected chi connectivity index (χ1v) is 3.08. The molecular weight excluding hydrogens is 152 g/mol. The van der Waals surface area contributed by atoms with E-state index >= 15 is 0 Å². The van der Waals surface area contributed by atoms with Gasteiger partial charge in [0.2, 0.25) is 5.24 Å². The van der Waals surface area contributed by atoms with Gasteiger partial charge in [-0.05, 0) is 17.7 Å². The summed E-state index contributed by atoms with van der Waals surface area (Å²) in [4.78, 5) is 14.1. The summed E-state index contributed by atoms with van der Waals surface area (Å²) in [6.07, 6.45) is 4.60. The van der Waals surface area contributed by atoms with Crippen LogP contribution in [0, 0.1) is 11.3 Å². The Morgan fingerprint density at radius 2 is 2.50 bits per heavy atom. The van der Waals surface area contributed by atoms with Gasteiger partial charge in [0.25, 0.3) is 0 Å². The predicted molar refractivity (Wildman–Crippen MR) is 39.7 cm³/mol. The molecule has 1 heterocycles. The Kier molecular flexibility index (Phi) is 1.97. The van der Waals surface area contributed by atoms with Gasteiger partial charge in [0, 0.05) is 6.21 Å². The van der Waals surface area contributed by atoms with E-state index in [9.17, 15) is 4.79 Å². The molecule has 0 aromatic carbocycles. The second-order valence-electron chi connectivity index (χ2n) is 1.83. The Bertz CT molecular complexity index is 232. The van der Waals surface area contributed by atoms with Crippen molar-refractivity contribution in [1.29, 1.82) is 5.41 Å². The number of carbonyl (C=O) groups is 1. The van der Waals surface area contributed by atoms with Gasteiger partial charge >= 0.3 is 0 Å². The molecule has 0 amide bonds. The Morgan fingerprint density at radius 1 is 1.80 bits per heavy atom. The van der Waals surface area contributed by atoms with Crippen molar-refractivity contribution in [3.8, 4) is 0 Å². The van der Waals surface area contributed by atoms with Crippen LogP contribution in [0.3, 0.4) is 0 Å². The fraction of sp³-hybridized carbons (Fsp3) is 0.167. The fourth-order valence-corrected chi connectivity index (χ4v) is 0.815. The lowest BCUT2D eigenvalue weighted by Crippen LogP contribution is -2.17. The molecule has 1 aliphatic heterocycles. The van der Waals surface area contributed by atoms with Crippen LogP contribution in [0.2, 0.25) is 0 Å². The van der Waals surface area contributed by atoms with Crippen LogP contribution in [0.5, 0.6) is 0 Å². The van der Waals surface area contributed by atoms with E-state index in [1.54, 1.807) is 12.2 Å². The van der Waals surface area contributed by atoms with Crippen LogP contribution in [-0.4, -0.2) is 17.3 Å². The van der Waals surface area contributed by atoms with E-state index in [1.165, 1.54) is 6.21 Å². The Balaban J connectivity index is 2.80. The summed E-state index contributed by atoms with van der Waals surface area (Å²) in [5, 5.41) is 6.56. The molecule has 0 aromatic rings. The number of nitrogens with zero attached hydrogens (tertiary/aromatic N) is 1. The summed E-state index contributed by atoms with van der Waals surface area (Å²) >= 11 is 5.15. The highest BCUT2D eigenvalue weighted by atomic mass is 35.5. The highest BCUT2D eigenvalue weighted by Crippen LogP contribution is 2.09. The molecule has 0 bridgehead atoms. The van der Waals surface area contributed by atoms with E-state index in [0.29, 0.717) is 0 Å². The number of hydrogen-bond donors (Lipinski definition) is 1. The van der Waals surface area contributed by atoms with Gasteiger partial charge in [-0.2, -0.15) is 0 Å². The number of nitrogens with one attached hydrogen (secondary N) is 1. The van der Waals surface area contributed by atoms with Crippen LogP contribution in [-0.2, 0) is 4.79 Å². The van der Waals surface area contributed by atoms with Gasteiger partial charge in [-0.3, -0.25) is 10.2 Å². The van der Waals surface area contributed by atoms with Crippen LogP contribution < -0.4 is 0 Å². The third kappa shape index (κ3) is 1.30. The van der Waals surface area contributed by atoms with E-state index in [-0.39, 0.29) is 5.84 Å². The molecule has 52 valence electrons. The van der Waals surface area contributed by atoms with Crippen molar-refractivity contribution in [3.63, 3.8) is 0 Å². The van der Waals surface area contributed by atoms with Gasteiger partial charge in [-0.15, -0.1) is 0 Å². The highest BCUT2D eigenvalue weighted by Gasteiger charge is 2.18. The molecule has 0 saturated heterocycles. The quantitative estimate of drug-likeness (QED) is 0.566. The first-order chi connectivity index (χ1) is 4.72. The molecular formula is C6H5ClN2O. The average Bonchev–Trinajstić information content (AvgIpc) is 1.88. The molecule has 1 atom stereocenters. The maximum Gasteiger partial charge on any atom is 0.236 e. The molecule has 1 aliphatic rings. The maximum atomic E-state index is 10.5. The third-order valence-corrected chi connectivity index (χ3v) is 1.38. The van der Waals surface area contributed by atoms with Crippen LogP contribution in [0.1, 0.15) is 0 Å². The average molecular weight is 157 g/mol. The van der Waals surface area contributed by atoms with Crippen molar-refractivity contribution in [2.24, 2.45) is 10.9 Å². The number of allylic oxidation sites excluding steroid dienone is 1. The summed E-state index contributed by atoms with van der Waals surface area (Å²) in [5.74, 6) is -0.644. The number of hydrogen-bond acceptors (Lipinski definition) is 2. The van der Waals surface area contributed by atoms with Crippen molar-refractivity contribution < 1.29 is 4.79 Å². The van der Waals surface area contributed by atoms with E-state index < -0.39 is 11.2 Å². The van der Waals surface area contributed by atoms with Crippen molar-refractivity contribution in [2.75, 3.05) is 0 Å². The fourth-order valence-electron chi connectivity index (χ4n) is 0.639. The summed E-state index contributed by atoms with van der Waals surface area (Å²) in [6, 6.07) is 0. The molecule has 10 heavy (non-hydrogen) atoms. The second-order valence-corrected chi connectivity index (χ2v) is 2.20. The van der Waals surface area contributed by atoms with E-state index in [1.807, 2.05) is 0 Å². The first kappa shape index (κ1) is 7.15. The molecule has 0 aliphatic carbocycles. The Hall–Kier alpha value is -0.960. The van der Waals surface area contributed by atoms with Gasteiger partial charge in [0.1, 0.15) is 11.8 Å². The van der Waals surface area contributed by atoms with Crippen molar-refractivity contribution in [2.45, 2.75) is 0 Å². The topological polar surface area (TPSA) is 53.3 Å². The minimum Gasteiger partial charge on any atom is -0.286 e. The monoisotopic (exact) mass is 156 g/mol. The zero-order chi connectivity index (χ0) is 7.56. The molecule has 0 fully saturated rings. The van der Waals surface area contributed by atoms with Crippen molar-refractivity contribution in [1.82, 2.24) is 0 Å². The highest BCUT2D eigenvalue weighted by molar-refractivity contribution is 6.66. The van der Waals surface area contributed by atoms with Gasteiger partial charge in [-0.25, -0.2) is 4.99 Å². The zero-order valence-electron chi connectivity index (χ0n) is 5.04. The standard InChI is InChI=1S/C6H5ClN2O/c7-5(10)4-2-1-3-9-6(4)8/h1-4,8H.